The van der Waals surface area contributed by atoms with Gasteiger partial charge in [0.2, 0.25) is 5.91 Å². The Morgan fingerprint density at radius 2 is 1.71 bits per heavy atom. The maximum atomic E-state index is 12.4. The Balaban J connectivity index is 1.83. The lowest BCUT2D eigenvalue weighted by Crippen LogP contribution is -2.46. The van der Waals surface area contributed by atoms with Crippen molar-refractivity contribution >= 4 is 23.6 Å². The molecule has 2 aromatic carbocycles. The standard InChI is InChI=1S/C21H26ClN3O3/c1-15(24-21(27)28-14-16-9-5-4-6-10-16)20(26)23-13-19(25(2)3)17-11-7-8-12-18(17)22/h4-12,15,19H,13-14H2,1-3H3,(H,23,26)(H,24,27)/t15-,19-/m0/s1. The molecule has 0 aliphatic carbocycles. The monoisotopic (exact) mass is 403 g/mol. The van der Waals surface area contributed by atoms with Gasteiger partial charge in [-0.25, -0.2) is 4.79 Å². The molecule has 28 heavy (non-hydrogen) atoms. The summed E-state index contributed by atoms with van der Waals surface area (Å²) in [5, 5.41) is 6.04. The number of benzene rings is 2. The van der Waals surface area contributed by atoms with E-state index >= 15 is 0 Å². The van der Waals surface area contributed by atoms with Gasteiger partial charge in [-0.15, -0.1) is 0 Å². The van der Waals surface area contributed by atoms with Gasteiger partial charge in [-0.3, -0.25) is 4.79 Å². The fraction of sp³-hybridized carbons (Fsp3) is 0.333. The number of hydrogen-bond acceptors (Lipinski definition) is 4. The van der Waals surface area contributed by atoms with Crippen LogP contribution in [0.15, 0.2) is 54.6 Å². The first kappa shape index (κ1) is 21.7. The summed E-state index contributed by atoms with van der Waals surface area (Å²) in [6.45, 7) is 2.12. The van der Waals surface area contributed by atoms with Gasteiger partial charge in [0.15, 0.2) is 0 Å². The third kappa shape index (κ3) is 6.55. The van der Waals surface area contributed by atoms with Crippen molar-refractivity contribution in [1.82, 2.24) is 15.5 Å². The lowest BCUT2D eigenvalue weighted by atomic mass is 10.1. The SMILES string of the molecule is C[C@H](NC(=O)OCc1ccccc1)C(=O)NC[C@@H](c1ccccc1Cl)N(C)C. The zero-order valence-corrected chi connectivity index (χ0v) is 17.1. The molecule has 0 fully saturated rings. The maximum absolute atomic E-state index is 12.4. The molecule has 0 heterocycles. The first-order valence-corrected chi connectivity index (χ1v) is 9.42. The van der Waals surface area contributed by atoms with Crippen molar-refractivity contribution in [3.05, 3.63) is 70.7 Å². The number of nitrogens with one attached hydrogen (secondary N) is 2. The highest BCUT2D eigenvalue weighted by Gasteiger charge is 2.21. The highest BCUT2D eigenvalue weighted by Crippen LogP contribution is 2.25. The van der Waals surface area contributed by atoms with Crippen molar-refractivity contribution in [2.75, 3.05) is 20.6 Å². The van der Waals surface area contributed by atoms with Crippen LogP contribution in [0.4, 0.5) is 4.79 Å². The van der Waals surface area contributed by atoms with Gasteiger partial charge < -0.3 is 20.3 Å². The van der Waals surface area contributed by atoms with Crippen LogP contribution in [0.3, 0.4) is 0 Å². The zero-order valence-electron chi connectivity index (χ0n) is 16.3. The second-order valence-electron chi connectivity index (χ2n) is 6.67. The van der Waals surface area contributed by atoms with Crippen LogP contribution in [0.2, 0.25) is 5.02 Å². The number of alkyl carbamates (subject to hydrolysis) is 1. The molecule has 2 N–H and O–H groups in total. The molecular weight excluding hydrogens is 378 g/mol. The molecule has 2 rings (SSSR count). The van der Waals surface area contributed by atoms with Gasteiger partial charge in [-0.05, 0) is 38.2 Å². The Kier molecular flexibility index (Phi) is 8.29. The minimum atomic E-state index is -0.725. The molecule has 150 valence electrons. The Hall–Kier alpha value is -2.57. The number of carbonyl (C=O) groups excluding carboxylic acids is 2. The zero-order chi connectivity index (χ0) is 20.5. The molecule has 0 aromatic heterocycles. The van der Waals surface area contributed by atoms with Crippen molar-refractivity contribution in [2.24, 2.45) is 0 Å². The summed E-state index contributed by atoms with van der Waals surface area (Å²) in [6.07, 6.45) is -0.637. The average molecular weight is 404 g/mol. The topological polar surface area (TPSA) is 70.7 Å². The summed E-state index contributed by atoms with van der Waals surface area (Å²) in [5.74, 6) is -0.296. The maximum Gasteiger partial charge on any atom is 0.408 e. The number of carbonyl (C=O) groups is 2. The van der Waals surface area contributed by atoms with Crippen LogP contribution in [0, 0.1) is 0 Å². The number of amides is 2. The van der Waals surface area contributed by atoms with E-state index in [4.69, 9.17) is 16.3 Å². The summed E-state index contributed by atoms with van der Waals surface area (Å²) < 4.78 is 5.14. The van der Waals surface area contributed by atoms with Gasteiger partial charge in [-0.2, -0.15) is 0 Å². The Labute approximate surface area is 170 Å². The molecule has 2 atom stereocenters. The Bertz CT molecular complexity index is 783. The predicted molar refractivity (Wildman–Crippen MR) is 110 cm³/mol. The lowest BCUT2D eigenvalue weighted by molar-refractivity contribution is -0.122. The molecule has 0 spiro atoms. The average Bonchev–Trinajstić information content (AvgIpc) is 2.68. The predicted octanol–water partition coefficient (Wildman–Crippen LogP) is 3.37. The van der Waals surface area contributed by atoms with E-state index in [0.717, 1.165) is 11.1 Å². The van der Waals surface area contributed by atoms with Crippen LogP contribution in [-0.4, -0.2) is 43.6 Å². The van der Waals surface area contributed by atoms with E-state index in [1.165, 1.54) is 0 Å². The first-order chi connectivity index (χ1) is 13.4. The minimum absolute atomic E-state index is 0.0881. The van der Waals surface area contributed by atoms with E-state index in [1.807, 2.05) is 73.6 Å². The molecule has 2 aromatic rings. The van der Waals surface area contributed by atoms with Crippen molar-refractivity contribution in [1.29, 1.82) is 0 Å². The second-order valence-corrected chi connectivity index (χ2v) is 7.08. The van der Waals surface area contributed by atoms with Crippen LogP contribution in [0.1, 0.15) is 24.1 Å². The van der Waals surface area contributed by atoms with Gasteiger partial charge in [0.1, 0.15) is 12.6 Å². The van der Waals surface area contributed by atoms with Crippen LogP contribution in [-0.2, 0) is 16.1 Å². The van der Waals surface area contributed by atoms with Gasteiger partial charge in [0, 0.05) is 11.6 Å². The summed E-state index contributed by atoms with van der Waals surface area (Å²) >= 11 is 6.28. The molecule has 2 amide bonds. The highest BCUT2D eigenvalue weighted by atomic mass is 35.5. The molecule has 0 saturated carbocycles. The van der Waals surface area contributed by atoms with Crippen LogP contribution in [0.25, 0.3) is 0 Å². The molecule has 6 nitrogen and oxygen atoms in total. The summed E-state index contributed by atoms with van der Waals surface area (Å²) in [5.41, 5.74) is 1.81. The van der Waals surface area contributed by atoms with Gasteiger partial charge >= 0.3 is 6.09 Å². The van der Waals surface area contributed by atoms with Crippen molar-refractivity contribution < 1.29 is 14.3 Å². The van der Waals surface area contributed by atoms with E-state index < -0.39 is 12.1 Å². The summed E-state index contributed by atoms with van der Waals surface area (Å²) in [6, 6.07) is 16.1. The molecule has 0 aliphatic heterocycles. The summed E-state index contributed by atoms with van der Waals surface area (Å²) in [7, 11) is 3.84. The number of hydrogen-bond donors (Lipinski definition) is 2. The Morgan fingerprint density at radius 1 is 1.07 bits per heavy atom. The molecular formula is C21H26ClN3O3. The van der Waals surface area contributed by atoms with Crippen LogP contribution in [0.5, 0.6) is 0 Å². The molecule has 0 aliphatic rings. The first-order valence-electron chi connectivity index (χ1n) is 9.04. The van der Waals surface area contributed by atoms with E-state index in [0.29, 0.717) is 11.6 Å². The largest absolute Gasteiger partial charge is 0.445 e. The third-order valence-electron chi connectivity index (χ3n) is 4.30. The van der Waals surface area contributed by atoms with Crippen molar-refractivity contribution in [2.45, 2.75) is 25.6 Å². The fourth-order valence-electron chi connectivity index (χ4n) is 2.67. The third-order valence-corrected chi connectivity index (χ3v) is 4.64. The molecule has 0 radical (unpaired) electrons. The normalized spacial score (nSPS) is 12.9. The van der Waals surface area contributed by atoms with E-state index in [1.54, 1.807) is 6.92 Å². The molecule has 7 heteroatoms. The van der Waals surface area contributed by atoms with E-state index in [9.17, 15) is 9.59 Å². The fourth-order valence-corrected chi connectivity index (χ4v) is 2.94. The molecule has 0 unspecified atom stereocenters. The number of likely N-dealkylation sites (N-methyl/N-ethyl adjacent to an activating group) is 1. The van der Waals surface area contributed by atoms with E-state index in [2.05, 4.69) is 10.6 Å². The minimum Gasteiger partial charge on any atom is -0.445 e. The van der Waals surface area contributed by atoms with Crippen molar-refractivity contribution in [3.63, 3.8) is 0 Å². The Morgan fingerprint density at radius 3 is 2.36 bits per heavy atom. The highest BCUT2D eigenvalue weighted by molar-refractivity contribution is 6.31. The van der Waals surface area contributed by atoms with Crippen LogP contribution < -0.4 is 10.6 Å². The number of nitrogens with zero attached hydrogens (tertiary/aromatic N) is 1. The van der Waals surface area contributed by atoms with Crippen molar-refractivity contribution in [3.8, 4) is 0 Å². The summed E-state index contributed by atoms with van der Waals surface area (Å²) in [4.78, 5) is 26.2. The quantitative estimate of drug-likeness (QED) is 0.708. The van der Waals surface area contributed by atoms with Gasteiger partial charge in [0.25, 0.3) is 0 Å². The number of rotatable bonds is 8. The molecule has 0 bridgehead atoms. The smallest absolute Gasteiger partial charge is 0.408 e. The number of halogens is 1. The molecule has 0 saturated heterocycles. The van der Waals surface area contributed by atoms with E-state index in [-0.39, 0.29) is 18.6 Å². The second kappa shape index (κ2) is 10.7. The van der Waals surface area contributed by atoms with Crippen LogP contribution >= 0.6 is 11.6 Å². The lowest BCUT2D eigenvalue weighted by Gasteiger charge is -2.26. The number of ether oxygens (including phenoxy) is 1. The van der Waals surface area contributed by atoms with Gasteiger partial charge in [-0.1, -0.05) is 60.1 Å². The van der Waals surface area contributed by atoms with Gasteiger partial charge in [0.05, 0.1) is 6.04 Å².